The first-order valence-corrected chi connectivity index (χ1v) is 6.40. The Balaban J connectivity index is 2.25. The van der Waals surface area contributed by atoms with Crippen molar-refractivity contribution in [1.29, 1.82) is 0 Å². The number of aromatic nitrogens is 1. The van der Waals surface area contributed by atoms with E-state index in [0.717, 1.165) is 10.2 Å². The van der Waals surface area contributed by atoms with Gasteiger partial charge in [0.05, 0.1) is 0 Å². The maximum atomic E-state index is 10.9. The molecule has 0 atom stereocenters. The van der Waals surface area contributed by atoms with Crippen LogP contribution in [0, 0.1) is 6.92 Å². The van der Waals surface area contributed by atoms with Gasteiger partial charge in [0.2, 0.25) is 0 Å². The fourth-order valence-electron chi connectivity index (χ4n) is 1.34. The Morgan fingerprint density at radius 1 is 1.53 bits per heavy atom. The highest BCUT2D eigenvalue weighted by molar-refractivity contribution is 9.10. The number of benzene rings is 1. The molecular weight excluding hydrogens is 304 g/mol. The van der Waals surface area contributed by atoms with E-state index >= 15 is 0 Å². The van der Waals surface area contributed by atoms with Gasteiger partial charge in [-0.1, -0.05) is 22.0 Å². The molecule has 0 aliphatic carbocycles. The molecule has 1 aromatic heterocycles. The van der Waals surface area contributed by atoms with Gasteiger partial charge in [-0.05, 0) is 25.1 Å². The molecule has 1 heterocycles. The summed E-state index contributed by atoms with van der Waals surface area (Å²) in [5.41, 5.74) is 0.970. The fourth-order valence-corrected chi connectivity index (χ4v) is 2.56. The summed E-state index contributed by atoms with van der Waals surface area (Å²) in [6.45, 7) is 1.74. The van der Waals surface area contributed by atoms with Crippen LogP contribution in [-0.4, -0.2) is 16.1 Å². The topological polar surface area (TPSA) is 62.2 Å². The quantitative estimate of drug-likeness (QED) is 0.908. The van der Waals surface area contributed by atoms with E-state index in [0.29, 0.717) is 10.0 Å². The molecule has 0 radical (unpaired) electrons. The number of carbonyl (C=O) groups is 1. The lowest BCUT2D eigenvalue weighted by atomic mass is 10.3. The number of carboxylic acids is 1. The Hall–Kier alpha value is -1.40. The molecular formula is C11H9BrN2O2S. The van der Waals surface area contributed by atoms with Crippen LogP contribution in [0.25, 0.3) is 0 Å². The zero-order chi connectivity index (χ0) is 12.4. The van der Waals surface area contributed by atoms with Crippen LogP contribution in [0.15, 0.2) is 28.7 Å². The number of halogens is 1. The summed E-state index contributed by atoms with van der Waals surface area (Å²) in [5.74, 6) is -0.999. The first-order valence-electron chi connectivity index (χ1n) is 4.79. The third kappa shape index (κ3) is 2.83. The van der Waals surface area contributed by atoms with Crippen LogP contribution in [-0.2, 0) is 0 Å². The Morgan fingerprint density at radius 3 is 2.88 bits per heavy atom. The van der Waals surface area contributed by atoms with Crippen molar-refractivity contribution in [3.63, 3.8) is 0 Å². The predicted octanol–water partition coefficient (Wildman–Crippen LogP) is 3.66. The van der Waals surface area contributed by atoms with E-state index in [2.05, 4.69) is 26.2 Å². The van der Waals surface area contributed by atoms with Crippen molar-refractivity contribution in [1.82, 2.24) is 4.98 Å². The second kappa shape index (κ2) is 4.85. The van der Waals surface area contributed by atoms with Crippen molar-refractivity contribution in [3.05, 3.63) is 39.3 Å². The molecule has 88 valence electrons. The van der Waals surface area contributed by atoms with Crippen LogP contribution >= 0.6 is 27.3 Å². The van der Waals surface area contributed by atoms with E-state index in [1.165, 1.54) is 11.3 Å². The van der Waals surface area contributed by atoms with E-state index in [9.17, 15) is 4.79 Å². The molecule has 6 heteroatoms. The molecule has 17 heavy (non-hydrogen) atoms. The molecule has 0 bridgehead atoms. The van der Waals surface area contributed by atoms with Crippen LogP contribution in [0.4, 0.5) is 10.8 Å². The third-order valence-electron chi connectivity index (χ3n) is 2.08. The van der Waals surface area contributed by atoms with Crippen LogP contribution in [0.1, 0.15) is 15.4 Å². The summed E-state index contributed by atoms with van der Waals surface area (Å²) in [4.78, 5) is 15.6. The third-order valence-corrected chi connectivity index (χ3v) is 3.45. The Labute approximate surface area is 110 Å². The first kappa shape index (κ1) is 12.1. The molecule has 0 saturated heterocycles. The van der Waals surface area contributed by atoms with E-state index in [4.69, 9.17) is 5.11 Å². The highest BCUT2D eigenvalue weighted by Crippen LogP contribution is 2.26. The van der Waals surface area contributed by atoms with Gasteiger partial charge < -0.3 is 10.4 Å². The summed E-state index contributed by atoms with van der Waals surface area (Å²) in [5, 5.41) is 12.6. The van der Waals surface area contributed by atoms with Gasteiger partial charge in [0, 0.05) is 15.0 Å². The number of aromatic carboxylic acids is 1. The number of anilines is 2. The lowest BCUT2D eigenvalue weighted by Gasteiger charge is -2.01. The predicted molar refractivity (Wildman–Crippen MR) is 71.2 cm³/mol. The van der Waals surface area contributed by atoms with Crippen LogP contribution in [0.5, 0.6) is 0 Å². The van der Waals surface area contributed by atoms with Gasteiger partial charge in [-0.2, -0.15) is 0 Å². The normalized spacial score (nSPS) is 10.2. The fraction of sp³-hybridized carbons (Fsp3) is 0.0909. The molecule has 0 unspecified atom stereocenters. The monoisotopic (exact) mass is 312 g/mol. The lowest BCUT2D eigenvalue weighted by Crippen LogP contribution is -1.99. The molecule has 2 aromatic rings. The van der Waals surface area contributed by atoms with Crippen molar-refractivity contribution >= 4 is 44.1 Å². The average Bonchev–Trinajstić information content (AvgIpc) is 2.59. The summed E-state index contributed by atoms with van der Waals surface area (Å²) in [6.07, 6.45) is 0. The summed E-state index contributed by atoms with van der Waals surface area (Å²) in [7, 11) is 0. The van der Waals surface area contributed by atoms with Gasteiger partial charge in [-0.15, -0.1) is 11.3 Å². The average molecular weight is 313 g/mol. The van der Waals surface area contributed by atoms with Crippen molar-refractivity contribution in [2.75, 3.05) is 5.32 Å². The number of hydrogen-bond acceptors (Lipinski definition) is 4. The van der Waals surface area contributed by atoms with Crippen LogP contribution < -0.4 is 5.32 Å². The first-order chi connectivity index (χ1) is 8.06. The second-order valence-corrected chi connectivity index (χ2v) is 5.48. The highest BCUT2D eigenvalue weighted by atomic mass is 79.9. The minimum absolute atomic E-state index is 0.104. The minimum Gasteiger partial charge on any atom is -0.476 e. The number of thiazole rings is 1. The molecule has 1 aromatic carbocycles. The van der Waals surface area contributed by atoms with Gasteiger partial charge in [0.15, 0.2) is 10.8 Å². The Bertz CT molecular complexity index is 568. The molecule has 0 amide bonds. The van der Waals surface area contributed by atoms with Crippen LogP contribution in [0.3, 0.4) is 0 Å². The van der Waals surface area contributed by atoms with Gasteiger partial charge in [-0.25, -0.2) is 9.78 Å². The van der Waals surface area contributed by atoms with Crippen molar-refractivity contribution in [3.8, 4) is 0 Å². The molecule has 0 aliphatic heterocycles. The van der Waals surface area contributed by atoms with E-state index in [1.54, 1.807) is 6.92 Å². The Kier molecular flexibility index (Phi) is 3.44. The lowest BCUT2D eigenvalue weighted by molar-refractivity contribution is 0.0690. The molecule has 0 aliphatic rings. The summed E-state index contributed by atoms with van der Waals surface area (Å²) < 4.78 is 0.953. The van der Waals surface area contributed by atoms with Crippen molar-refractivity contribution in [2.45, 2.75) is 6.92 Å². The SMILES string of the molecule is Cc1sc(Nc2cccc(Br)c2)nc1C(=O)O. The van der Waals surface area contributed by atoms with Crippen molar-refractivity contribution < 1.29 is 9.90 Å². The van der Waals surface area contributed by atoms with Gasteiger partial charge in [0.25, 0.3) is 0 Å². The van der Waals surface area contributed by atoms with E-state index in [-0.39, 0.29) is 5.69 Å². The van der Waals surface area contributed by atoms with Gasteiger partial charge in [-0.3, -0.25) is 0 Å². The molecule has 2 N–H and O–H groups in total. The second-order valence-electron chi connectivity index (χ2n) is 3.36. The number of carboxylic acid groups (broad SMARTS) is 1. The minimum atomic E-state index is -0.999. The van der Waals surface area contributed by atoms with Crippen LogP contribution in [0.2, 0.25) is 0 Å². The Morgan fingerprint density at radius 2 is 2.29 bits per heavy atom. The largest absolute Gasteiger partial charge is 0.476 e. The smallest absolute Gasteiger partial charge is 0.355 e. The number of aryl methyl sites for hydroxylation is 1. The van der Waals surface area contributed by atoms with Gasteiger partial charge >= 0.3 is 5.97 Å². The zero-order valence-electron chi connectivity index (χ0n) is 8.90. The standard InChI is InChI=1S/C11H9BrN2O2S/c1-6-9(10(15)16)14-11(17-6)13-8-4-2-3-7(12)5-8/h2-5H,1H3,(H,13,14)(H,15,16). The zero-order valence-corrected chi connectivity index (χ0v) is 11.3. The molecule has 0 saturated carbocycles. The number of nitrogens with zero attached hydrogens (tertiary/aromatic N) is 1. The van der Waals surface area contributed by atoms with E-state index < -0.39 is 5.97 Å². The summed E-state index contributed by atoms with van der Waals surface area (Å²) >= 11 is 4.69. The maximum Gasteiger partial charge on any atom is 0.355 e. The van der Waals surface area contributed by atoms with Gasteiger partial charge in [0.1, 0.15) is 0 Å². The van der Waals surface area contributed by atoms with Crippen molar-refractivity contribution in [2.24, 2.45) is 0 Å². The summed E-state index contributed by atoms with van der Waals surface area (Å²) in [6, 6.07) is 7.60. The molecule has 0 fully saturated rings. The van der Waals surface area contributed by atoms with E-state index in [1.807, 2.05) is 24.3 Å². The number of hydrogen-bond donors (Lipinski definition) is 2. The highest BCUT2D eigenvalue weighted by Gasteiger charge is 2.13. The number of nitrogens with one attached hydrogen (secondary N) is 1. The molecule has 4 nitrogen and oxygen atoms in total. The maximum absolute atomic E-state index is 10.9. The number of rotatable bonds is 3. The molecule has 2 rings (SSSR count). The molecule has 0 spiro atoms.